The van der Waals surface area contributed by atoms with E-state index in [2.05, 4.69) is 11.4 Å². The molecule has 1 aliphatic carbocycles. The van der Waals surface area contributed by atoms with E-state index in [0.717, 1.165) is 19.5 Å². The lowest BCUT2D eigenvalue weighted by atomic mass is 9.68. The normalized spacial score (nSPS) is 29.0. The van der Waals surface area contributed by atoms with Gasteiger partial charge < -0.3 is 5.32 Å². The maximum absolute atomic E-state index is 12.7. The van der Waals surface area contributed by atoms with Crippen LogP contribution in [0.2, 0.25) is 0 Å². The Hall–Kier alpha value is -1.15. The molecule has 1 aromatic carbocycles. The highest BCUT2D eigenvalue weighted by molar-refractivity contribution is 5.72. The fraction of sp³-hybridized carbons (Fsp3) is 0.385. The fourth-order valence-electron chi connectivity index (χ4n) is 2.61. The lowest BCUT2D eigenvalue weighted by Gasteiger charge is -2.36. The van der Waals surface area contributed by atoms with Crippen LogP contribution < -0.4 is 5.32 Å². The maximum atomic E-state index is 12.7. The first kappa shape index (κ1) is 9.10. The van der Waals surface area contributed by atoms with Crippen molar-refractivity contribution in [3.05, 3.63) is 41.7 Å². The summed E-state index contributed by atoms with van der Waals surface area (Å²) in [7, 11) is 0. The van der Waals surface area contributed by atoms with E-state index in [0.29, 0.717) is 5.41 Å². The summed E-state index contributed by atoms with van der Waals surface area (Å²) in [4.78, 5) is 0. The molecule has 3 rings (SSSR count). The predicted octanol–water partition coefficient (Wildman–Crippen LogP) is 2.59. The van der Waals surface area contributed by atoms with Gasteiger partial charge in [0.15, 0.2) is 0 Å². The molecule has 1 N–H and O–H groups in total. The summed E-state index contributed by atoms with van der Waals surface area (Å²) in [5.74, 6) is -0.157. The van der Waals surface area contributed by atoms with Gasteiger partial charge in [0.25, 0.3) is 0 Å². The van der Waals surface area contributed by atoms with Gasteiger partial charge in [-0.25, -0.2) is 4.39 Å². The van der Waals surface area contributed by atoms with Crippen molar-refractivity contribution in [1.29, 1.82) is 0 Å². The second-order valence-electron chi connectivity index (χ2n) is 4.64. The minimum absolute atomic E-state index is 0.157. The molecule has 78 valence electrons. The van der Waals surface area contributed by atoms with E-state index in [1.54, 1.807) is 0 Å². The molecule has 1 heterocycles. The number of benzene rings is 1. The van der Waals surface area contributed by atoms with Crippen molar-refractivity contribution in [3.63, 3.8) is 0 Å². The highest BCUT2D eigenvalue weighted by atomic mass is 19.1. The molecular formula is C13H14FN. The van der Waals surface area contributed by atoms with Crippen molar-refractivity contribution in [2.75, 3.05) is 13.1 Å². The molecule has 0 aromatic heterocycles. The lowest BCUT2D eigenvalue weighted by molar-refractivity contribution is 0.405. The molecule has 1 spiro atoms. The van der Waals surface area contributed by atoms with Crippen molar-refractivity contribution < 1.29 is 4.39 Å². The summed E-state index contributed by atoms with van der Waals surface area (Å²) in [6.45, 7) is 2.24. The van der Waals surface area contributed by atoms with Crippen LogP contribution >= 0.6 is 0 Å². The zero-order chi connectivity index (χ0) is 10.3. The Morgan fingerprint density at radius 2 is 1.93 bits per heavy atom. The molecule has 15 heavy (non-hydrogen) atoms. The van der Waals surface area contributed by atoms with Gasteiger partial charge in [-0.2, -0.15) is 0 Å². The van der Waals surface area contributed by atoms with Crippen molar-refractivity contribution in [2.45, 2.75) is 12.8 Å². The minimum atomic E-state index is -0.157. The van der Waals surface area contributed by atoms with Crippen LogP contribution in [0, 0.1) is 11.2 Å². The zero-order valence-electron chi connectivity index (χ0n) is 8.59. The fourth-order valence-corrected chi connectivity index (χ4v) is 2.61. The van der Waals surface area contributed by atoms with Gasteiger partial charge in [0, 0.05) is 12.0 Å². The lowest BCUT2D eigenvalue weighted by Crippen LogP contribution is -2.28. The molecule has 1 unspecified atom stereocenters. The molecule has 1 saturated heterocycles. The second kappa shape index (κ2) is 3.17. The molecule has 0 radical (unpaired) electrons. The van der Waals surface area contributed by atoms with Crippen molar-refractivity contribution in [1.82, 2.24) is 5.32 Å². The van der Waals surface area contributed by atoms with E-state index in [-0.39, 0.29) is 5.82 Å². The highest BCUT2D eigenvalue weighted by Gasteiger charge is 2.39. The minimum Gasteiger partial charge on any atom is -0.316 e. The largest absolute Gasteiger partial charge is 0.316 e. The Kier molecular flexibility index (Phi) is 1.93. The van der Waals surface area contributed by atoms with Gasteiger partial charge in [0.2, 0.25) is 0 Å². The van der Waals surface area contributed by atoms with E-state index < -0.39 is 0 Å². The van der Waals surface area contributed by atoms with Crippen molar-refractivity contribution in [3.8, 4) is 0 Å². The molecule has 0 bridgehead atoms. The number of hydrogen-bond donors (Lipinski definition) is 1. The number of hydrogen-bond acceptors (Lipinski definition) is 1. The highest BCUT2D eigenvalue weighted by Crippen LogP contribution is 2.47. The average Bonchev–Trinajstić information content (AvgIpc) is 2.66. The summed E-state index contributed by atoms with van der Waals surface area (Å²) in [5.41, 5.74) is 2.97. The summed E-state index contributed by atoms with van der Waals surface area (Å²) in [6.07, 6.45) is 4.75. The summed E-state index contributed by atoms with van der Waals surface area (Å²) >= 11 is 0. The van der Waals surface area contributed by atoms with E-state index in [1.165, 1.54) is 29.7 Å². The smallest absolute Gasteiger partial charge is 0.123 e. The number of rotatable bonds is 1. The van der Waals surface area contributed by atoms with Gasteiger partial charge >= 0.3 is 0 Å². The van der Waals surface area contributed by atoms with Gasteiger partial charge in [-0.1, -0.05) is 18.2 Å². The van der Waals surface area contributed by atoms with Crippen LogP contribution in [0.3, 0.4) is 0 Å². The van der Waals surface area contributed by atoms with Gasteiger partial charge in [-0.3, -0.25) is 0 Å². The predicted molar refractivity (Wildman–Crippen MR) is 58.9 cm³/mol. The first-order valence-corrected chi connectivity index (χ1v) is 5.46. The third-order valence-corrected chi connectivity index (χ3v) is 3.51. The SMILES string of the molecule is Fc1ccc(C2=CC3(CCNC3)C2)cc1. The maximum Gasteiger partial charge on any atom is 0.123 e. The molecule has 0 saturated carbocycles. The summed E-state index contributed by atoms with van der Waals surface area (Å²) in [6, 6.07) is 6.81. The average molecular weight is 203 g/mol. The first-order valence-electron chi connectivity index (χ1n) is 5.46. The molecule has 2 heteroatoms. The van der Waals surface area contributed by atoms with Crippen LogP contribution in [0.5, 0.6) is 0 Å². The Morgan fingerprint density at radius 1 is 1.20 bits per heavy atom. The zero-order valence-corrected chi connectivity index (χ0v) is 8.59. The third-order valence-electron chi connectivity index (χ3n) is 3.51. The Balaban J connectivity index is 1.83. The molecule has 0 amide bonds. The Labute approximate surface area is 89.0 Å². The standard InChI is InChI=1S/C13H14FN/c14-12-3-1-10(2-4-12)11-7-13(8-11)5-6-15-9-13/h1-4,7,15H,5-6,8-9H2. The monoisotopic (exact) mass is 203 g/mol. The van der Waals surface area contributed by atoms with E-state index in [1.807, 2.05) is 12.1 Å². The second-order valence-corrected chi connectivity index (χ2v) is 4.64. The van der Waals surface area contributed by atoms with Gasteiger partial charge in [-0.05, 0) is 42.7 Å². The van der Waals surface area contributed by atoms with Crippen LogP contribution in [0.25, 0.3) is 5.57 Å². The Morgan fingerprint density at radius 3 is 2.53 bits per heavy atom. The van der Waals surface area contributed by atoms with Gasteiger partial charge in [0.05, 0.1) is 0 Å². The van der Waals surface area contributed by atoms with Gasteiger partial charge in [0.1, 0.15) is 5.82 Å². The molecule has 1 atom stereocenters. The molecule has 1 fully saturated rings. The third kappa shape index (κ3) is 1.49. The number of nitrogens with one attached hydrogen (secondary N) is 1. The van der Waals surface area contributed by atoms with Crippen LogP contribution in [-0.2, 0) is 0 Å². The van der Waals surface area contributed by atoms with Crippen LogP contribution in [0.1, 0.15) is 18.4 Å². The molecule has 1 nitrogen and oxygen atoms in total. The summed E-state index contributed by atoms with van der Waals surface area (Å²) in [5, 5.41) is 3.39. The molecule has 1 aromatic rings. The first-order chi connectivity index (χ1) is 7.27. The topological polar surface area (TPSA) is 12.0 Å². The van der Waals surface area contributed by atoms with Crippen molar-refractivity contribution in [2.24, 2.45) is 5.41 Å². The number of halogens is 1. The van der Waals surface area contributed by atoms with Crippen molar-refractivity contribution >= 4 is 5.57 Å². The molecule has 1 aliphatic heterocycles. The molecule has 2 aliphatic rings. The molecular weight excluding hydrogens is 189 g/mol. The van der Waals surface area contributed by atoms with Gasteiger partial charge in [-0.15, -0.1) is 0 Å². The summed E-state index contributed by atoms with van der Waals surface area (Å²) < 4.78 is 12.7. The Bertz CT molecular complexity index is 399. The van der Waals surface area contributed by atoms with Crippen LogP contribution in [0.4, 0.5) is 4.39 Å². The van der Waals surface area contributed by atoms with Crippen LogP contribution in [-0.4, -0.2) is 13.1 Å². The number of allylic oxidation sites excluding steroid dienone is 1. The quantitative estimate of drug-likeness (QED) is 0.739. The van der Waals surface area contributed by atoms with Crippen LogP contribution in [0.15, 0.2) is 30.3 Å². The van der Waals surface area contributed by atoms with E-state index >= 15 is 0 Å². The van der Waals surface area contributed by atoms with E-state index in [4.69, 9.17) is 0 Å². The van der Waals surface area contributed by atoms with E-state index in [9.17, 15) is 4.39 Å².